The zero-order valence-corrected chi connectivity index (χ0v) is 13.3. The van der Waals surface area contributed by atoms with Gasteiger partial charge in [0.2, 0.25) is 0 Å². The molecule has 0 unspecified atom stereocenters. The first kappa shape index (κ1) is 15.8. The fourth-order valence-electron chi connectivity index (χ4n) is 3.08. The third kappa shape index (κ3) is 2.36. The van der Waals surface area contributed by atoms with Gasteiger partial charge >= 0.3 is 0 Å². The van der Waals surface area contributed by atoms with Crippen molar-refractivity contribution in [1.29, 1.82) is 10.5 Å². The van der Waals surface area contributed by atoms with E-state index in [1.165, 1.54) is 0 Å². The monoisotopic (exact) mass is 318 g/mol. The Labute approximate surface area is 144 Å². The molecule has 0 aliphatic carbocycles. The molecule has 0 saturated carbocycles. The lowest BCUT2D eigenvalue weighted by Gasteiger charge is -2.09. The minimum absolute atomic E-state index is 0.000306. The quantitative estimate of drug-likeness (QED) is 0.471. The second-order valence-corrected chi connectivity index (χ2v) is 5.49. The van der Waals surface area contributed by atoms with Gasteiger partial charge in [-0.05, 0) is 28.5 Å². The number of hydrogen-bond donors (Lipinski definition) is 0. The number of nitrogens with zero attached hydrogens (tertiary/aromatic N) is 4. The lowest BCUT2D eigenvalue weighted by Crippen LogP contribution is -2.18. The molecule has 4 heteroatoms. The molecule has 4 nitrogen and oxygen atoms in total. The van der Waals surface area contributed by atoms with Gasteiger partial charge in [0.25, 0.3) is 11.4 Å². The molecule has 3 rings (SSSR count). The Morgan fingerprint density at radius 1 is 0.800 bits per heavy atom. The molecule has 3 aromatic rings. The van der Waals surface area contributed by atoms with Crippen LogP contribution in [0, 0.1) is 42.7 Å². The molecule has 0 bridgehead atoms. The van der Waals surface area contributed by atoms with Gasteiger partial charge in [0.15, 0.2) is 0 Å². The molecule has 0 aliphatic rings. The molecule has 0 N–H and O–H groups in total. The van der Waals surface area contributed by atoms with Crippen LogP contribution in [0.25, 0.3) is 42.6 Å². The molecule has 0 atom stereocenters. The van der Waals surface area contributed by atoms with Crippen LogP contribution in [-0.4, -0.2) is 0 Å². The van der Waals surface area contributed by atoms with Crippen LogP contribution in [0.15, 0.2) is 42.5 Å². The highest BCUT2D eigenvalue weighted by Crippen LogP contribution is 2.18. The van der Waals surface area contributed by atoms with Crippen molar-refractivity contribution in [2.24, 2.45) is 0 Å². The van der Waals surface area contributed by atoms with Crippen LogP contribution in [-0.2, 0) is 0 Å². The van der Waals surface area contributed by atoms with E-state index in [0.717, 1.165) is 5.56 Å². The average molecular weight is 318 g/mol. The Balaban J connectivity index is 2.96. The Morgan fingerprint density at radius 3 is 1.76 bits per heavy atom. The fourth-order valence-corrected chi connectivity index (χ4v) is 3.08. The predicted molar refractivity (Wildman–Crippen MR) is 96.7 cm³/mol. The highest BCUT2D eigenvalue weighted by atomic mass is 14.7. The van der Waals surface area contributed by atoms with Gasteiger partial charge in [0, 0.05) is 10.4 Å². The minimum atomic E-state index is -0.00192. The summed E-state index contributed by atoms with van der Waals surface area (Å²) in [6.45, 7) is 16.7. The highest BCUT2D eigenvalue weighted by Gasteiger charge is 2.12. The number of rotatable bonds is 0. The number of fused-ring (bicyclic) bond motifs is 2. The summed E-state index contributed by atoms with van der Waals surface area (Å²) in [4.78, 5) is 6.78. The van der Waals surface area contributed by atoms with Gasteiger partial charge in [-0.2, -0.15) is 0 Å². The third-order valence-corrected chi connectivity index (χ3v) is 4.09. The van der Waals surface area contributed by atoms with E-state index < -0.39 is 0 Å². The second-order valence-electron chi connectivity index (χ2n) is 5.49. The molecular weight excluding hydrogens is 308 g/mol. The maximum Gasteiger partial charge on any atom is 0.270 e. The van der Waals surface area contributed by atoms with E-state index in [4.69, 9.17) is 13.1 Å². The molecule has 0 aromatic heterocycles. The molecule has 0 aliphatic heterocycles. The van der Waals surface area contributed by atoms with Crippen molar-refractivity contribution in [3.05, 3.63) is 81.3 Å². The summed E-state index contributed by atoms with van der Waals surface area (Å²) < 4.78 is 0. The van der Waals surface area contributed by atoms with E-state index in [9.17, 15) is 10.5 Å². The van der Waals surface area contributed by atoms with Crippen molar-refractivity contribution in [2.45, 2.75) is 6.92 Å². The molecule has 0 saturated heterocycles. The van der Waals surface area contributed by atoms with Crippen molar-refractivity contribution in [2.75, 3.05) is 0 Å². The normalized spacial score (nSPS) is 12.5. The van der Waals surface area contributed by atoms with Gasteiger partial charge in [0.05, 0.1) is 25.3 Å². The van der Waals surface area contributed by atoms with Crippen LogP contribution in [0.1, 0.15) is 5.56 Å². The van der Waals surface area contributed by atoms with Crippen molar-refractivity contribution in [3.8, 4) is 12.1 Å². The van der Waals surface area contributed by atoms with E-state index in [2.05, 4.69) is 9.69 Å². The van der Waals surface area contributed by atoms with E-state index in [-0.39, 0.29) is 11.4 Å². The summed E-state index contributed by atoms with van der Waals surface area (Å²) in [5.41, 5.74) is 0.969. The van der Waals surface area contributed by atoms with Gasteiger partial charge in [-0.1, -0.05) is 48.0 Å². The van der Waals surface area contributed by atoms with Crippen molar-refractivity contribution >= 4 is 32.9 Å². The fraction of sp³-hybridized carbons (Fsp3) is 0.0476. The predicted octanol–water partition coefficient (Wildman–Crippen LogP) is 3.40. The van der Waals surface area contributed by atoms with Gasteiger partial charge < -0.3 is 0 Å². The summed E-state index contributed by atoms with van der Waals surface area (Å²) >= 11 is 0. The van der Waals surface area contributed by atoms with Crippen LogP contribution in [0.2, 0.25) is 0 Å². The van der Waals surface area contributed by atoms with Crippen molar-refractivity contribution < 1.29 is 0 Å². The van der Waals surface area contributed by atoms with E-state index >= 15 is 0 Å². The number of nitriles is 2. The maximum atomic E-state index is 9.43. The summed E-state index contributed by atoms with van der Waals surface area (Å²) in [5.74, 6) is 0. The number of aryl methyl sites for hydroxylation is 1. The minimum Gasteiger partial charge on any atom is -0.226 e. The Bertz CT molecular complexity index is 1300. The van der Waals surface area contributed by atoms with Gasteiger partial charge in [-0.25, -0.2) is 20.2 Å². The van der Waals surface area contributed by atoms with Gasteiger partial charge in [0.1, 0.15) is 0 Å². The molecule has 0 radical (unpaired) electrons. The molecule has 0 fully saturated rings. The zero-order valence-electron chi connectivity index (χ0n) is 13.3. The first-order valence-corrected chi connectivity index (χ1v) is 7.41. The third-order valence-electron chi connectivity index (χ3n) is 4.09. The van der Waals surface area contributed by atoms with E-state index in [1.807, 2.05) is 61.5 Å². The van der Waals surface area contributed by atoms with Gasteiger partial charge in [-0.3, -0.25) is 0 Å². The molecular formula is C21H10N4. The van der Waals surface area contributed by atoms with E-state index in [1.54, 1.807) is 0 Å². The summed E-state index contributed by atoms with van der Waals surface area (Å²) in [6, 6.07) is 16.9. The lowest BCUT2D eigenvalue weighted by atomic mass is 9.95. The number of benzene rings is 3. The van der Waals surface area contributed by atoms with Crippen LogP contribution < -0.4 is 10.4 Å². The van der Waals surface area contributed by atoms with Crippen molar-refractivity contribution in [3.63, 3.8) is 0 Å². The Kier molecular flexibility index (Phi) is 3.89. The number of hydrogen-bond acceptors (Lipinski definition) is 2. The standard InChI is InChI=1S/C21H10N4/c1-13-8-9-16-17(10-13)21(19(12-23)25-3)15-7-5-4-6-14(15)20(16)18(11-22)24-2/h4-10H,1H3. The molecule has 25 heavy (non-hydrogen) atoms. The van der Waals surface area contributed by atoms with E-state index in [0.29, 0.717) is 32.0 Å². The van der Waals surface area contributed by atoms with Gasteiger partial charge in [-0.15, -0.1) is 0 Å². The largest absolute Gasteiger partial charge is 0.270 e. The highest BCUT2D eigenvalue weighted by molar-refractivity contribution is 6.04. The molecule has 0 spiro atoms. The smallest absolute Gasteiger partial charge is 0.226 e. The topological polar surface area (TPSA) is 56.3 Å². The molecule has 0 heterocycles. The Morgan fingerprint density at radius 2 is 1.28 bits per heavy atom. The lowest BCUT2D eigenvalue weighted by molar-refractivity contribution is 1.49. The van der Waals surface area contributed by atoms with Crippen LogP contribution in [0.5, 0.6) is 0 Å². The molecule has 114 valence electrons. The molecule has 0 amide bonds. The van der Waals surface area contributed by atoms with Crippen LogP contribution in [0.3, 0.4) is 0 Å². The SMILES string of the molecule is [C-]#[N+]C(C#N)=c1c2ccccc2c(=C(C#N)[N+]#[C-])c2cc(C)ccc12. The second kappa shape index (κ2) is 6.17. The zero-order chi connectivity index (χ0) is 18.0. The van der Waals surface area contributed by atoms with Crippen LogP contribution in [0.4, 0.5) is 0 Å². The maximum absolute atomic E-state index is 9.43. The Hall–Kier alpha value is -4.12. The first-order valence-electron chi connectivity index (χ1n) is 7.41. The summed E-state index contributed by atoms with van der Waals surface area (Å²) in [5, 5.41) is 22.7. The summed E-state index contributed by atoms with van der Waals surface area (Å²) in [7, 11) is 0. The van der Waals surface area contributed by atoms with Crippen molar-refractivity contribution in [1.82, 2.24) is 0 Å². The summed E-state index contributed by atoms with van der Waals surface area (Å²) in [6.07, 6.45) is 0. The average Bonchev–Trinajstić information content (AvgIpc) is 2.64. The molecule has 3 aromatic carbocycles. The first-order chi connectivity index (χ1) is 12.2. The van der Waals surface area contributed by atoms with Crippen LogP contribution >= 0.6 is 0 Å².